The molecule has 0 saturated heterocycles. The summed E-state index contributed by atoms with van der Waals surface area (Å²) >= 11 is 0. The number of nitrogens with zero attached hydrogens (tertiary/aromatic N) is 2. The van der Waals surface area contributed by atoms with E-state index in [-0.39, 0.29) is 24.2 Å². The number of nitrogens with two attached hydrogens (primary N) is 1. The average molecular weight is 375 g/mol. The minimum absolute atomic E-state index is 0. The Morgan fingerprint density at radius 1 is 1.27 bits per heavy atom. The van der Waals surface area contributed by atoms with E-state index in [2.05, 4.69) is 15.5 Å². The number of halogens is 1. The third kappa shape index (κ3) is 4.14. The molecule has 6 nitrogen and oxygen atoms in total. The molecular formula is C19H23ClN4O2. The molecule has 0 radical (unpaired) electrons. The van der Waals surface area contributed by atoms with Crippen LogP contribution < -0.4 is 11.1 Å². The van der Waals surface area contributed by atoms with E-state index in [9.17, 15) is 4.79 Å². The van der Waals surface area contributed by atoms with Gasteiger partial charge in [-0.1, -0.05) is 31.1 Å². The van der Waals surface area contributed by atoms with E-state index in [0.29, 0.717) is 23.2 Å². The fourth-order valence-electron chi connectivity index (χ4n) is 2.77. The van der Waals surface area contributed by atoms with E-state index in [0.717, 1.165) is 29.1 Å². The molecule has 2 aromatic heterocycles. The van der Waals surface area contributed by atoms with Gasteiger partial charge in [0.2, 0.25) is 0 Å². The summed E-state index contributed by atoms with van der Waals surface area (Å²) in [6.07, 6.45) is 0.736. The molecule has 0 aliphatic carbocycles. The number of hydrogen-bond acceptors (Lipinski definition) is 5. The van der Waals surface area contributed by atoms with Gasteiger partial charge in [0.25, 0.3) is 11.6 Å². The molecule has 3 aromatic rings. The number of benzene rings is 1. The van der Waals surface area contributed by atoms with Crippen molar-refractivity contribution in [2.24, 2.45) is 0 Å². The fraction of sp³-hybridized carbons (Fsp3) is 0.316. The SMILES string of the molecule is Cc1cc(C(=O)NCCc2ccc(N)cc2)c2c(C(C)C)noc2n1.Cl. The van der Waals surface area contributed by atoms with Crippen LogP contribution in [0.1, 0.15) is 47.1 Å². The first-order valence-corrected chi connectivity index (χ1v) is 8.35. The minimum atomic E-state index is -0.143. The second kappa shape index (κ2) is 8.19. The van der Waals surface area contributed by atoms with Gasteiger partial charge in [-0.2, -0.15) is 0 Å². The minimum Gasteiger partial charge on any atom is -0.399 e. The van der Waals surface area contributed by atoms with Crippen LogP contribution in [0.25, 0.3) is 11.1 Å². The third-order valence-electron chi connectivity index (χ3n) is 4.07. The van der Waals surface area contributed by atoms with Gasteiger partial charge in [-0.3, -0.25) is 4.79 Å². The summed E-state index contributed by atoms with van der Waals surface area (Å²) in [5.41, 5.74) is 9.99. The molecule has 0 aliphatic rings. The quantitative estimate of drug-likeness (QED) is 0.665. The smallest absolute Gasteiger partial charge is 0.259 e. The zero-order chi connectivity index (χ0) is 18.0. The number of aromatic nitrogens is 2. The third-order valence-corrected chi connectivity index (χ3v) is 4.07. The number of anilines is 1. The lowest BCUT2D eigenvalue weighted by Crippen LogP contribution is -2.26. The fourth-order valence-corrected chi connectivity index (χ4v) is 2.77. The zero-order valence-corrected chi connectivity index (χ0v) is 15.9. The second-order valence-electron chi connectivity index (χ2n) is 6.46. The van der Waals surface area contributed by atoms with Gasteiger partial charge in [-0.15, -0.1) is 12.4 Å². The van der Waals surface area contributed by atoms with Gasteiger partial charge in [0, 0.05) is 17.9 Å². The van der Waals surface area contributed by atoms with Crippen molar-refractivity contribution in [3.8, 4) is 0 Å². The summed E-state index contributed by atoms with van der Waals surface area (Å²) in [6, 6.07) is 9.43. The van der Waals surface area contributed by atoms with E-state index >= 15 is 0 Å². The van der Waals surface area contributed by atoms with Crippen LogP contribution in [0.15, 0.2) is 34.9 Å². The number of carbonyl (C=O) groups excluding carboxylic acids is 1. The maximum absolute atomic E-state index is 12.7. The number of pyridine rings is 1. The highest BCUT2D eigenvalue weighted by molar-refractivity contribution is 6.06. The highest BCUT2D eigenvalue weighted by atomic mass is 35.5. The maximum Gasteiger partial charge on any atom is 0.259 e. The van der Waals surface area contributed by atoms with Crippen LogP contribution in [0.3, 0.4) is 0 Å². The normalized spacial score (nSPS) is 10.8. The first-order chi connectivity index (χ1) is 12.0. The zero-order valence-electron chi connectivity index (χ0n) is 15.1. The van der Waals surface area contributed by atoms with Gasteiger partial charge in [0.05, 0.1) is 16.6 Å². The molecule has 0 atom stereocenters. The van der Waals surface area contributed by atoms with Crippen LogP contribution in [0.2, 0.25) is 0 Å². The first-order valence-electron chi connectivity index (χ1n) is 8.35. The van der Waals surface area contributed by atoms with Crippen molar-refractivity contribution in [3.63, 3.8) is 0 Å². The Morgan fingerprint density at radius 2 is 1.96 bits per heavy atom. The predicted molar refractivity (Wildman–Crippen MR) is 105 cm³/mol. The molecule has 0 spiro atoms. The van der Waals surface area contributed by atoms with Gasteiger partial charge < -0.3 is 15.6 Å². The average Bonchev–Trinajstić information content (AvgIpc) is 2.99. The molecule has 0 bridgehead atoms. The van der Waals surface area contributed by atoms with Gasteiger partial charge in [0.1, 0.15) is 0 Å². The molecule has 0 saturated carbocycles. The number of nitrogen functional groups attached to an aromatic ring is 1. The van der Waals surface area contributed by atoms with Crippen molar-refractivity contribution in [2.45, 2.75) is 33.1 Å². The predicted octanol–water partition coefficient (Wildman–Crippen LogP) is 3.63. The summed E-state index contributed by atoms with van der Waals surface area (Å²) in [6.45, 7) is 6.40. The van der Waals surface area contributed by atoms with Crippen molar-refractivity contribution >= 4 is 35.1 Å². The van der Waals surface area contributed by atoms with E-state index in [1.165, 1.54) is 0 Å². The van der Waals surface area contributed by atoms with E-state index < -0.39 is 0 Å². The number of carbonyl (C=O) groups is 1. The largest absolute Gasteiger partial charge is 0.399 e. The van der Waals surface area contributed by atoms with E-state index in [4.69, 9.17) is 10.3 Å². The van der Waals surface area contributed by atoms with Crippen molar-refractivity contribution in [3.05, 3.63) is 52.8 Å². The number of fused-ring (bicyclic) bond motifs is 1. The Bertz CT molecular complexity index is 904. The monoisotopic (exact) mass is 374 g/mol. The maximum atomic E-state index is 12.7. The van der Waals surface area contributed by atoms with Gasteiger partial charge in [-0.25, -0.2) is 4.98 Å². The summed E-state index contributed by atoms with van der Waals surface area (Å²) in [4.78, 5) is 17.0. The lowest BCUT2D eigenvalue weighted by molar-refractivity contribution is 0.0955. The Hall–Kier alpha value is -2.60. The number of aryl methyl sites for hydroxylation is 1. The summed E-state index contributed by atoms with van der Waals surface area (Å²) < 4.78 is 5.31. The van der Waals surface area contributed by atoms with Crippen molar-refractivity contribution < 1.29 is 9.32 Å². The Morgan fingerprint density at radius 3 is 2.62 bits per heavy atom. The van der Waals surface area contributed by atoms with Crippen LogP contribution in [0, 0.1) is 6.92 Å². The molecule has 138 valence electrons. The molecule has 7 heteroatoms. The van der Waals surface area contributed by atoms with Crippen LogP contribution in [-0.4, -0.2) is 22.6 Å². The molecule has 0 unspecified atom stereocenters. The van der Waals surface area contributed by atoms with Crippen LogP contribution in [0.4, 0.5) is 5.69 Å². The number of hydrogen-bond donors (Lipinski definition) is 2. The summed E-state index contributed by atoms with van der Waals surface area (Å²) in [5, 5.41) is 7.76. The van der Waals surface area contributed by atoms with E-state index in [1.807, 2.05) is 45.0 Å². The van der Waals surface area contributed by atoms with Gasteiger partial charge >= 0.3 is 0 Å². The topological polar surface area (TPSA) is 94.0 Å². The summed E-state index contributed by atoms with van der Waals surface area (Å²) in [5.74, 6) is 0.00290. The number of rotatable bonds is 5. The van der Waals surface area contributed by atoms with Crippen molar-refractivity contribution in [2.75, 3.05) is 12.3 Å². The number of nitrogens with one attached hydrogen (secondary N) is 1. The van der Waals surface area contributed by atoms with E-state index in [1.54, 1.807) is 6.07 Å². The molecular weight excluding hydrogens is 352 g/mol. The standard InChI is InChI=1S/C19H22N4O2.ClH/c1-11(2)17-16-15(10-12(3)22-19(16)25-23-17)18(24)21-9-8-13-4-6-14(20)7-5-13;/h4-7,10-11H,8-9,20H2,1-3H3,(H,21,24);1H. The first kappa shape index (κ1) is 19.7. The Labute approximate surface area is 158 Å². The van der Waals surface area contributed by atoms with Crippen LogP contribution in [-0.2, 0) is 6.42 Å². The molecule has 3 N–H and O–H groups in total. The molecule has 2 heterocycles. The highest BCUT2D eigenvalue weighted by Gasteiger charge is 2.21. The lowest BCUT2D eigenvalue weighted by Gasteiger charge is -2.08. The Kier molecular flexibility index (Phi) is 6.21. The molecule has 26 heavy (non-hydrogen) atoms. The summed E-state index contributed by atoms with van der Waals surface area (Å²) in [7, 11) is 0. The Balaban J connectivity index is 0.00000243. The molecule has 1 aromatic carbocycles. The molecule has 3 rings (SSSR count). The molecule has 0 aliphatic heterocycles. The lowest BCUT2D eigenvalue weighted by atomic mass is 10.0. The molecule has 0 fully saturated rings. The van der Waals surface area contributed by atoms with Gasteiger partial charge in [0.15, 0.2) is 0 Å². The van der Waals surface area contributed by atoms with Crippen molar-refractivity contribution in [1.29, 1.82) is 0 Å². The molecule has 1 amide bonds. The second-order valence-corrected chi connectivity index (χ2v) is 6.46. The highest BCUT2D eigenvalue weighted by Crippen LogP contribution is 2.27. The van der Waals surface area contributed by atoms with Crippen molar-refractivity contribution in [1.82, 2.24) is 15.5 Å². The van der Waals surface area contributed by atoms with Crippen LogP contribution >= 0.6 is 12.4 Å². The van der Waals surface area contributed by atoms with Crippen LogP contribution in [0.5, 0.6) is 0 Å². The number of amides is 1. The van der Waals surface area contributed by atoms with Gasteiger partial charge in [-0.05, 0) is 43.0 Å².